The summed E-state index contributed by atoms with van der Waals surface area (Å²) in [6.07, 6.45) is 7.91. The summed E-state index contributed by atoms with van der Waals surface area (Å²) in [6, 6.07) is 3.71. The standard InChI is InChI=1S/C25H32N4O3S/c1-7-25(2,3)16-8-9-20-17(12-16)21-23(26-14-27-24(21)33-20)29-28-13-15-10-18(30-4)22(32-6)19(11-15)31-5/h10-11,13-14,16H,7-9,12H2,1-6H3,(H,26,27,29)/b28-13+/t16-/m1/s1. The second-order valence-corrected chi connectivity index (χ2v) is 10.1. The molecule has 1 aromatic carbocycles. The van der Waals surface area contributed by atoms with Gasteiger partial charge in [0, 0.05) is 10.4 Å². The first-order valence-electron chi connectivity index (χ1n) is 11.3. The number of nitrogens with zero attached hydrogens (tertiary/aromatic N) is 3. The Morgan fingerprint density at radius 3 is 2.52 bits per heavy atom. The third-order valence-corrected chi connectivity index (χ3v) is 8.13. The molecule has 2 heterocycles. The Morgan fingerprint density at radius 2 is 1.88 bits per heavy atom. The van der Waals surface area contributed by atoms with Crippen molar-refractivity contribution in [3.63, 3.8) is 0 Å². The first-order valence-corrected chi connectivity index (χ1v) is 12.1. The van der Waals surface area contributed by atoms with Gasteiger partial charge in [0.25, 0.3) is 0 Å². The van der Waals surface area contributed by atoms with Crippen molar-refractivity contribution in [2.24, 2.45) is 16.4 Å². The summed E-state index contributed by atoms with van der Waals surface area (Å²) < 4.78 is 16.3. The maximum absolute atomic E-state index is 5.43. The van der Waals surface area contributed by atoms with Crippen molar-refractivity contribution >= 4 is 33.6 Å². The smallest absolute Gasteiger partial charge is 0.203 e. The number of benzene rings is 1. The number of hydrazone groups is 1. The van der Waals surface area contributed by atoms with Gasteiger partial charge in [0.05, 0.1) is 32.9 Å². The molecule has 0 spiro atoms. The van der Waals surface area contributed by atoms with Gasteiger partial charge in [0.2, 0.25) is 5.75 Å². The first kappa shape index (κ1) is 23.3. The highest BCUT2D eigenvalue weighted by atomic mass is 32.1. The quantitative estimate of drug-likeness (QED) is 0.337. The molecule has 1 aliphatic rings. The molecule has 1 N–H and O–H groups in total. The van der Waals surface area contributed by atoms with Gasteiger partial charge in [-0.15, -0.1) is 11.3 Å². The summed E-state index contributed by atoms with van der Waals surface area (Å²) in [6.45, 7) is 7.05. The van der Waals surface area contributed by atoms with Crippen molar-refractivity contribution in [2.45, 2.75) is 46.5 Å². The molecule has 0 aliphatic heterocycles. The third kappa shape index (κ3) is 4.49. The summed E-state index contributed by atoms with van der Waals surface area (Å²) in [7, 11) is 4.78. The van der Waals surface area contributed by atoms with Crippen LogP contribution in [0.4, 0.5) is 5.82 Å². The molecule has 176 valence electrons. The van der Waals surface area contributed by atoms with Crippen LogP contribution in [-0.2, 0) is 12.8 Å². The molecule has 8 heteroatoms. The van der Waals surface area contributed by atoms with Gasteiger partial charge < -0.3 is 14.2 Å². The minimum atomic E-state index is 0.319. The lowest BCUT2D eigenvalue weighted by atomic mass is 9.69. The second kappa shape index (κ2) is 9.55. The summed E-state index contributed by atoms with van der Waals surface area (Å²) >= 11 is 1.79. The minimum Gasteiger partial charge on any atom is -0.493 e. The third-order valence-electron chi connectivity index (χ3n) is 6.93. The van der Waals surface area contributed by atoms with Crippen LogP contribution in [0.5, 0.6) is 17.2 Å². The number of thiophene rings is 1. The van der Waals surface area contributed by atoms with E-state index in [1.54, 1.807) is 45.2 Å². The predicted molar refractivity (Wildman–Crippen MR) is 134 cm³/mol. The van der Waals surface area contributed by atoms with Gasteiger partial charge in [-0.3, -0.25) is 5.43 Å². The molecule has 0 saturated carbocycles. The minimum absolute atomic E-state index is 0.319. The molecule has 0 bridgehead atoms. The largest absolute Gasteiger partial charge is 0.493 e. The van der Waals surface area contributed by atoms with Gasteiger partial charge >= 0.3 is 0 Å². The molecule has 0 fully saturated rings. The van der Waals surface area contributed by atoms with Crippen molar-refractivity contribution in [3.8, 4) is 17.2 Å². The summed E-state index contributed by atoms with van der Waals surface area (Å²) in [5, 5.41) is 5.58. The van der Waals surface area contributed by atoms with Crippen molar-refractivity contribution < 1.29 is 14.2 Å². The van der Waals surface area contributed by atoms with Crippen LogP contribution in [0.15, 0.2) is 23.6 Å². The zero-order valence-electron chi connectivity index (χ0n) is 20.2. The fraction of sp³-hybridized carbons (Fsp3) is 0.480. The molecule has 4 rings (SSSR count). The number of methoxy groups -OCH3 is 3. The maximum atomic E-state index is 5.43. The number of anilines is 1. The van der Waals surface area contributed by atoms with Crippen LogP contribution in [0.3, 0.4) is 0 Å². The Balaban J connectivity index is 1.63. The number of rotatable bonds is 8. The molecule has 0 radical (unpaired) electrons. The van der Waals surface area contributed by atoms with E-state index in [2.05, 4.69) is 41.3 Å². The van der Waals surface area contributed by atoms with E-state index in [9.17, 15) is 0 Å². The molecule has 2 aromatic heterocycles. The van der Waals surface area contributed by atoms with Crippen LogP contribution in [-0.4, -0.2) is 37.5 Å². The second-order valence-electron chi connectivity index (χ2n) is 9.02. The van der Waals surface area contributed by atoms with Crippen LogP contribution in [0.2, 0.25) is 0 Å². The van der Waals surface area contributed by atoms with E-state index in [-0.39, 0.29) is 0 Å². The van der Waals surface area contributed by atoms with Crippen molar-refractivity contribution in [1.82, 2.24) is 9.97 Å². The van der Waals surface area contributed by atoms with Gasteiger partial charge in [-0.1, -0.05) is 27.2 Å². The molecule has 1 aliphatic carbocycles. The molecule has 33 heavy (non-hydrogen) atoms. The van der Waals surface area contributed by atoms with Crippen LogP contribution in [0.1, 0.15) is 49.6 Å². The van der Waals surface area contributed by atoms with E-state index in [1.807, 2.05) is 12.1 Å². The van der Waals surface area contributed by atoms with E-state index < -0.39 is 0 Å². The average Bonchev–Trinajstić information content (AvgIpc) is 3.22. The number of hydrogen-bond acceptors (Lipinski definition) is 8. The number of aryl methyl sites for hydroxylation is 1. The van der Waals surface area contributed by atoms with E-state index in [0.717, 1.165) is 34.4 Å². The van der Waals surface area contributed by atoms with Gasteiger partial charge in [-0.2, -0.15) is 5.10 Å². The molecule has 0 unspecified atom stereocenters. The lowest BCUT2D eigenvalue weighted by Crippen LogP contribution is -2.28. The summed E-state index contributed by atoms with van der Waals surface area (Å²) in [5.41, 5.74) is 5.68. The van der Waals surface area contributed by atoms with Gasteiger partial charge in [-0.25, -0.2) is 9.97 Å². The Morgan fingerprint density at radius 1 is 1.15 bits per heavy atom. The highest BCUT2D eigenvalue weighted by molar-refractivity contribution is 7.19. The number of ether oxygens (including phenoxy) is 3. The lowest BCUT2D eigenvalue weighted by molar-refractivity contribution is 0.184. The van der Waals surface area contributed by atoms with E-state index >= 15 is 0 Å². The predicted octanol–water partition coefficient (Wildman–Crippen LogP) is 5.70. The van der Waals surface area contributed by atoms with Gasteiger partial charge in [-0.05, 0) is 48.3 Å². The van der Waals surface area contributed by atoms with E-state index in [1.165, 1.54) is 23.3 Å². The maximum Gasteiger partial charge on any atom is 0.203 e. The van der Waals surface area contributed by atoms with Gasteiger partial charge in [0.1, 0.15) is 11.2 Å². The molecule has 0 saturated heterocycles. The van der Waals surface area contributed by atoms with Crippen LogP contribution in [0.25, 0.3) is 10.2 Å². The Hall–Kier alpha value is -2.87. The number of nitrogens with one attached hydrogen (secondary N) is 1. The summed E-state index contributed by atoms with van der Waals surface area (Å²) in [5.74, 6) is 3.12. The highest BCUT2D eigenvalue weighted by Gasteiger charge is 2.33. The molecule has 0 amide bonds. The molecular formula is C25H32N4O3S. The zero-order valence-corrected chi connectivity index (χ0v) is 21.0. The zero-order chi connectivity index (χ0) is 23.6. The monoisotopic (exact) mass is 468 g/mol. The highest BCUT2D eigenvalue weighted by Crippen LogP contribution is 2.45. The van der Waals surface area contributed by atoms with E-state index in [4.69, 9.17) is 14.2 Å². The fourth-order valence-electron chi connectivity index (χ4n) is 4.49. The molecule has 3 aromatic rings. The normalized spacial score (nSPS) is 16.1. The van der Waals surface area contributed by atoms with Crippen molar-refractivity contribution in [1.29, 1.82) is 0 Å². The Labute approximate surface area is 199 Å². The Kier molecular flexibility index (Phi) is 6.74. The summed E-state index contributed by atoms with van der Waals surface area (Å²) in [4.78, 5) is 11.5. The SMILES string of the molecule is CCC(C)(C)[C@@H]1CCc2sc3ncnc(N/N=C/c4cc(OC)c(OC)c(OC)c4)c3c2C1. The van der Waals surface area contributed by atoms with Crippen LogP contribution in [0, 0.1) is 11.3 Å². The van der Waals surface area contributed by atoms with Crippen molar-refractivity contribution in [2.75, 3.05) is 26.8 Å². The number of hydrogen-bond donors (Lipinski definition) is 1. The Bertz CT molecular complexity index is 1150. The van der Waals surface area contributed by atoms with Crippen LogP contribution >= 0.6 is 11.3 Å². The fourth-order valence-corrected chi connectivity index (χ4v) is 5.68. The molecule has 1 atom stereocenters. The topological polar surface area (TPSA) is 77.9 Å². The first-order chi connectivity index (χ1) is 15.9. The number of fused-ring (bicyclic) bond motifs is 3. The molecule has 7 nitrogen and oxygen atoms in total. The number of aromatic nitrogens is 2. The van der Waals surface area contributed by atoms with Crippen LogP contribution < -0.4 is 19.6 Å². The van der Waals surface area contributed by atoms with Crippen molar-refractivity contribution in [3.05, 3.63) is 34.5 Å². The van der Waals surface area contributed by atoms with Gasteiger partial charge in [0.15, 0.2) is 17.3 Å². The average molecular weight is 469 g/mol. The molecular weight excluding hydrogens is 436 g/mol. The van der Waals surface area contributed by atoms with E-state index in [0.29, 0.717) is 28.6 Å². The lowest BCUT2D eigenvalue weighted by Gasteiger charge is -2.36.